The van der Waals surface area contributed by atoms with Crippen molar-refractivity contribution in [3.63, 3.8) is 0 Å². The van der Waals surface area contributed by atoms with Gasteiger partial charge in [0.1, 0.15) is 19.0 Å². The molecule has 0 fully saturated rings. The van der Waals surface area contributed by atoms with Gasteiger partial charge in [-0.1, -0.05) is 24.0 Å². The lowest BCUT2D eigenvalue weighted by molar-refractivity contribution is 0.297. The zero-order valence-electron chi connectivity index (χ0n) is 12.1. The van der Waals surface area contributed by atoms with Crippen molar-refractivity contribution in [2.24, 2.45) is 0 Å². The average Bonchev–Trinajstić information content (AvgIpc) is 2.52. The highest BCUT2D eigenvalue weighted by Crippen LogP contribution is 2.20. The number of pyridine rings is 1. The van der Waals surface area contributed by atoms with Crippen LogP contribution in [0.3, 0.4) is 0 Å². The monoisotopic (exact) mass is 283 g/mol. The lowest BCUT2D eigenvalue weighted by Gasteiger charge is -2.09. The van der Waals surface area contributed by atoms with E-state index in [2.05, 4.69) is 16.8 Å². The van der Waals surface area contributed by atoms with E-state index in [0.29, 0.717) is 18.2 Å². The number of hydrogen-bond acceptors (Lipinski definition) is 4. The number of methoxy groups -OCH3 is 1. The first-order valence-corrected chi connectivity index (χ1v) is 6.56. The lowest BCUT2D eigenvalue weighted by atomic mass is 10.1. The second-order valence-corrected chi connectivity index (χ2v) is 4.42. The number of nitrogens with zero attached hydrogens (tertiary/aromatic N) is 1. The van der Waals surface area contributed by atoms with E-state index in [9.17, 15) is 0 Å². The molecule has 2 aromatic rings. The number of benzene rings is 1. The van der Waals surface area contributed by atoms with Crippen LogP contribution in [0.2, 0.25) is 0 Å². The van der Waals surface area contributed by atoms with Crippen LogP contribution in [-0.4, -0.2) is 23.8 Å². The van der Waals surface area contributed by atoms with Crippen LogP contribution in [0.4, 0.5) is 0 Å². The summed E-state index contributed by atoms with van der Waals surface area (Å²) in [6.45, 7) is 2.14. The molecule has 4 heteroatoms. The topological polar surface area (TPSA) is 51.6 Å². The fourth-order valence-electron chi connectivity index (χ4n) is 1.81. The zero-order valence-corrected chi connectivity index (χ0v) is 12.1. The fraction of sp³-hybridized carbons (Fsp3) is 0.235. The van der Waals surface area contributed by atoms with Gasteiger partial charge in [-0.3, -0.25) is 0 Å². The van der Waals surface area contributed by atoms with Crippen molar-refractivity contribution in [2.45, 2.75) is 13.5 Å². The van der Waals surface area contributed by atoms with Crippen molar-refractivity contribution in [3.8, 4) is 23.5 Å². The summed E-state index contributed by atoms with van der Waals surface area (Å²) in [6.07, 6.45) is 0. The number of ether oxygens (including phenoxy) is 2. The van der Waals surface area contributed by atoms with E-state index < -0.39 is 0 Å². The predicted molar refractivity (Wildman–Crippen MR) is 80.3 cm³/mol. The molecule has 0 bridgehead atoms. The minimum Gasteiger partial charge on any atom is -0.486 e. The summed E-state index contributed by atoms with van der Waals surface area (Å²) in [5.74, 6) is 6.76. The Kier molecular flexibility index (Phi) is 5.19. The molecular formula is C17H17NO3. The van der Waals surface area contributed by atoms with Crippen molar-refractivity contribution < 1.29 is 14.6 Å². The van der Waals surface area contributed by atoms with Crippen LogP contribution in [-0.2, 0) is 6.61 Å². The molecule has 108 valence electrons. The second kappa shape index (κ2) is 7.32. The first kappa shape index (κ1) is 14.9. The van der Waals surface area contributed by atoms with E-state index in [0.717, 1.165) is 16.8 Å². The molecule has 0 aliphatic carbocycles. The largest absolute Gasteiger partial charge is 0.486 e. The molecule has 0 saturated heterocycles. The Morgan fingerprint density at radius 1 is 1.24 bits per heavy atom. The normalized spacial score (nSPS) is 9.67. The van der Waals surface area contributed by atoms with Gasteiger partial charge < -0.3 is 14.6 Å². The highest BCUT2D eigenvalue weighted by Gasteiger charge is 2.04. The highest BCUT2D eigenvalue weighted by atomic mass is 16.5. The number of rotatable bonds is 4. The number of aliphatic hydroxyl groups excluding tert-OH is 1. The number of aromatic nitrogens is 1. The molecule has 4 nitrogen and oxygen atoms in total. The van der Waals surface area contributed by atoms with Crippen LogP contribution in [0.1, 0.15) is 16.8 Å². The molecule has 1 heterocycles. The second-order valence-electron chi connectivity index (χ2n) is 4.42. The molecule has 1 aromatic carbocycles. The summed E-state index contributed by atoms with van der Waals surface area (Å²) in [6, 6.07) is 11.3. The highest BCUT2D eigenvalue weighted by molar-refractivity contribution is 5.48. The predicted octanol–water partition coefficient (Wildman–Crippen LogP) is 2.32. The molecule has 2 rings (SSSR count). The number of aliphatic hydroxyl groups is 1. The van der Waals surface area contributed by atoms with Gasteiger partial charge >= 0.3 is 0 Å². The van der Waals surface area contributed by atoms with Crippen LogP contribution in [0.15, 0.2) is 36.4 Å². The van der Waals surface area contributed by atoms with Crippen LogP contribution in [0.25, 0.3) is 0 Å². The molecule has 0 radical (unpaired) electrons. The van der Waals surface area contributed by atoms with Crippen LogP contribution < -0.4 is 9.47 Å². The first-order valence-electron chi connectivity index (χ1n) is 6.56. The third kappa shape index (κ3) is 4.23. The maximum atomic E-state index is 8.82. The number of aryl methyl sites for hydroxylation is 1. The zero-order chi connectivity index (χ0) is 15.1. The maximum absolute atomic E-state index is 8.82. The van der Waals surface area contributed by atoms with Crippen molar-refractivity contribution >= 4 is 0 Å². The van der Waals surface area contributed by atoms with E-state index in [1.807, 2.05) is 37.3 Å². The van der Waals surface area contributed by atoms with Gasteiger partial charge in [-0.25, -0.2) is 4.98 Å². The molecule has 21 heavy (non-hydrogen) atoms. The lowest BCUT2D eigenvalue weighted by Crippen LogP contribution is -2.01. The van der Waals surface area contributed by atoms with Crippen molar-refractivity contribution in [3.05, 3.63) is 53.2 Å². The number of hydrogen-bond donors (Lipinski definition) is 1. The first-order chi connectivity index (χ1) is 10.2. The molecule has 0 aliphatic heterocycles. The average molecular weight is 283 g/mol. The third-order valence-corrected chi connectivity index (χ3v) is 2.80. The van der Waals surface area contributed by atoms with Crippen LogP contribution >= 0.6 is 0 Å². The summed E-state index contributed by atoms with van der Waals surface area (Å²) in [5.41, 5.74) is 2.62. The molecule has 0 spiro atoms. The minimum absolute atomic E-state index is 0.176. The van der Waals surface area contributed by atoms with Gasteiger partial charge in [0.2, 0.25) is 5.88 Å². The Hall–Kier alpha value is -2.51. The Morgan fingerprint density at radius 3 is 2.86 bits per heavy atom. The van der Waals surface area contributed by atoms with Gasteiger partial charge in [0, 0.05) is 6.07 Å². The maximum Gasteiger partial charge on any atom is 0.213 e. The van der Waals surface area contributed by atoms with Crippen molar-refractivity contribution in [1.29, 1.82) is 0 Å². The SMILES string of the molecule is COc1cccc(COc2ccc(C)cc2C#CCO)n1. The quantitative estimate of drug-likeness (QED) is 0.875. The van der Waals surface area contributed by atoms with E-state index in [1.165, 1.54) is 0 Å². The summed E-state index contributed by atoms with van der Waals surface area (Å²) in [7, 11) is 1.58. The van der Waals surface area contributed by atoms with Gasteiger partial charge in [0.25, 0.3) is 0 Å². The van der Waals surface area contributed by atoms with Crippen molar-refractivity contribution in [1.82, 2.24) is 4.98 Å². The van der Waals surface area contributed by atoms with E-state index in [4.69, 9.17) is 14.6 Å². The molecule has 0 amide bonds. The fourth-order valence-corrected chi connectivity index (χ4v) is 1.81. The van der Waals surface area contributed by atoms with Crippen LogP contribution in [0, 0.1) is 18.8 Å². The van der Waals surface area contributed by atoms with Crippen LogP contribution in [0.5, 0.6) is 11.6 Å². The third-order valence-electron chi connectivity index (χ3n) is 2.80. The summed E-state index contributed by atoms with van der Waals surface area (Å²) in [4.78, 5) is 4.29. The van der Waals surface area contributed by atoms with Gasteiger partial charge in [0.05, 0.1) is 18.4 Å². The van der Waals surface area contributed by atoms with Gasteiger partial charge in [0.15, 0.2) is 0 Å². The summed E-state index contributed by atoms with van der Waals surface area (Å²) >= 11 is 0. The molecule has 1 N–H and O–H groups in total. The molecule has 0 saturated carbocycles. The molecule has 0 atom stereocenters. The molecular weight excluding hydrogens is 266 g/mol. The molecule has 0 unspecified atom stereocenters. The van der Waals surface area contributed by atoms with Crippen molar-refractivity contribution in [2.75, 3.05) is 13.7 Å². The summed E-state index contributed by atoms with van der Waals surface area (Å²) < 4.78 is 10.9. The molecule has 0 aliphatic rings. The Balaban J connectivity index is 2.15. The van der Waals surface area contributed by atoms with E-state index in [-0.39, 0.29) is 6.61 Å². The Bertz CT molecular complexity index is 671. The van der Waals surface area contributed by atoms with E-state index in [1.54, 1.807) is 13.2 Å². The van der Waals surface area contributed by atoms with Gasteiger partial charge in [-0.2, -0.15) is 0 Å². The van der Waals surface area contributed by atoms with Gasteiger partial charge in [-0.05, 0) is 30.7 Å². The standard InChI is InChI=1S/C17H17NO3/c1-13-8-9-16(14(11-13)5-4-10-19)21-12-15-6-3-7-17(18-15)20-2/h3,6-9,11,19H,10,12H2,1-2H3. The summed E-state index contributed by atoms with van der Waals surface area (Å²) in [5, 5.41) is 8.82. The van der Waals surface area contributed by atoms with Gasteiger partial charge in [-0.15, -0.1) is 0 Å². The Labute approximate surface area is 124 Å². The molecule has 1 aromatic heterocycles. The smallest absolute Gasteiger partial charge is 0.213 e. The van der Waals surface area contributed by atoms with E-state index >= 15 is 0 Å². The minimum atomic E-state index is -0.176. The Morgan fingerprint density at radius 2 is 2.10 bits per heavy atom.